The minimum atomic E-state index is -0.411. The van der Waals surface area contributed by atoms with Crippen LogP contribution in [0.25, 0.3) is 0 Å². The molecule has 0 saturated heterocycles. The van der Waals surface area contributed by atoms with E-state index >= 15 is 0 Å². The lowest BCUT2D eigenvalue weighted by molar-refractivity contribution is -0.118. The van der Waals surface area contributed by atoms with Gasteiger partial charge in [-0.15, -0.1) is 0 Å². The smallest absolute Gasteiger partial charge is 0.407 e. The van der Waals surface area contributed by atoms with Gasteiger partial charge in [0.25, 0.3) is 5.91 Å². The van der Waals surface area contributed by atoms with E-state index in [1.54, 1.807) is 12.1 Å². The van der Waals surface area contributed by atoms with Crippen molar-refractivity contribution in [3.05, 3.63) is 29.5 Å². The Labute approximate surface area is 209 Å². The molecule has 2 amide bonds. The number of hydrogen-bond donors (Lipinski definition) is 4. The van der Waals surface area contributed by atoms with Crippen LogP contribution in [0.1, 0.15) is 63.1 Å². The number of anilines is 1. The summed E-state index contributed by atoms with van der Waals surface area (Å²) in [6.45, 7) is 4.12. The number of methoxy groups -OCH3 is 1. The zero-order chi connectivity index (χ0) is 25.7. The average molecular weight is 500 g/mol. The number of aromatic amines is 1. The maximum atomic E-state index is 12.5. The Morgan fingerprint density at radius 1 is 1.31 bits per heavy atom. The second-order valence-electron chi connectivity index (χ2n) is 9.45. The molecule has 1 heterocycles. The number of carbonyl (C=O) groups excluding carboxylic acids is 2. The summed E-state index contributed by atoms with van der Waals surface area (Å²) in [7, 11) is 1.47. The number of alkyl carbamates (subject to hydrolysis) is 1. The Balaban J connectivity index is 1.29. The van der Waals surface area contributed by atoms with Gasteiger partial charge in [-0.05, 0) is 46.0 Å². The fourth-order valence-corrected chi connectivity index (χ4v) is 4.14. The average Bonchev–Trinajstić information content (AvgIpc) is 3.20. The minimum Gasteiger partial charge on any atom is -0.507 e. The van der Waals surface area contributed by atoms with Crippen molar-refractivity contribution in [2.24, 2.45) is 4.99 Å². The Hall–Kier alpha value is -3.76. The first-order valence-corrected chi connectivity index (χ1v) is 12.2. The van der Waals surface area contributed by atoms with Crippen molar-refractivity contribution in [2.75, 3.05) is 25.6 Å². The Morgan fingerprint density at radius 2 is 2.11 bits per heavy atom. The van der Waals surface area contributed by atoms with E-state index in [0.717, 1.165) is 31.4 Å². The number of phenols is 1. The molecule has 2 aliphatic carbocycles. The highest BCUT2D eigenvalue weighted by Crippen LogP contribution is 2.37. The van der Waals surface area contributed by atoms with Gasteiger partial charge in [-0.25, -0.2) is 4.79 Å². The lowest BCUT2D eigenvalue weighted by Crippen LogP contribution is -2.36. The first kappa shape index (κ1) is 25.3. The number of aliphatic imine (C=N–C) groups is 1. The van der Waals surface area contributed by atoms with Crippen molar-refractivity contribution >= 4 is 24.0 Å². The molecule has 2 atom stereocenters. The summed E-state index contributed by atoms with van der Waals surface area (Å²) in [6.07, 6.45) is 5.30. The number of phenolic OH excluding ortho intramolecular Hbond substituents is 1. The molecule has 0 unspecified atom stereocenters. The summed E-state index contributed by atoms with van der Waals surface area (Å²) < 4.78 is 16.4. The van der Waals surface area contributed by atoms with E-state index in [-0.39, 0.29) is 41.8 Å². The number of nitrogens with zero attached hydrogens (tertiary/aromatic N) is 2. The third-order valence-electron chi connectivity index (χ3n) is 6.46. The highest BCUT2D eigenvalue weighted by Gasteiger charge is 2.40. The van der Waals surface area contributed by atoms with E-state index in [4.69, 9.17) is 14.2 Å². The lowest BCUT2D eigenvalue weighted by atomic mass is 10.0. The molecule has 2 aromatic rings. The van der Waals surface area contributed by atoms with Crippen LogP contribution < -0.4 is 20.1 Å². The highest BCUT2D eigenvalue weighted by molar-refractivity contribution is 5.92. The molecular formula is C25H33N5O6. The van der Waals surface area contributed by atoms with E-state index in [9.17, 15) is 14.7 Å². The van der Waals surface area contributed by atoms with Crippen molar-refractivity contribution in [3.63, 3.8) is 0 Å². The second-order valence-corrected chi connectivity index (χ2v) is 9.45. The number of aromatic nitrogens is 2. The van der Waals surface area contributed by atoms with E-state index in [1.165, 1.54) is 19.4 Å². The molecule has 4 rings (SSSR count). The summed E-state index contributed by atoms with van der Waals surface area (Å²) in [5.41, 5.74) is 1.14. The number of nitrogens with one attached hydrogen (secondary N) is 3. The van der Waals surface area contributed by atoms with Gasteiger partial charge in [0, 0.05) is 48.1 Å². The first-order chi connectivity index (χ1) is 17.3. The van der Waals surface area contributed by atoms with Crippen LogP contribution in [0.15, 0.2) is 23.2 Å². The summed E-state index contributed by atoms with van der Waals surface area (Å²) in [4.78, 5) is 28.7. The summed E-state index contributed by atoms with van der Waals surface area (Å²) >= 11 is 0. The fourth-order valence-electron chi connectivity index (χ4n) is 4.14. The van der Waals surface area contributed by atoms with Crippen molar-refractivity contribution in [1.82, 2.24) is 15.5 Å². The molecule has 0 aliphatic heterocycles. The number of benzene rings is 1. The van der Waals surface area contributed by atoms with Crippen LogP contribution in [0.4, 0.5) is 10.6 Å². The Morgan fingerprint density at radius 3 is 2.83 bits per heavy atom. The van der Waals surface area contributed by atoms with Crippen LogP contribution >= 0.6 is 0 Å². The monoisotopic (exact) mass is 499 g/mol. The van der Waals surface area contributed by atoms with Crippen LogP contribution in [-0.2, 0) is 9.53 Å². The van der Waals surface area contributed by atoms with Gasteiger partial charge in [-0.2, -0.15) is 5.10 Å². The maximum absolute atomic E-state index is 12.5. The summed E-state index contributed by atoms with van der Waals surface area (Å²) in [5.74, 6) is 0.742. The molecule has 0 bridgehead atoms. The van der Waals surface area contributed by atoms with Gasteiger partial charge >= 0.3 is 6.09 Å². The Kier molecular flexibility index (Phi) is 7.66. The molecule has 11 nitrogen and oxygen atoms in total. The van der Waals surface area contributed by atoms with Crippen molar-refractivity contribution in [2.45, 2.75) is 63.5 Å². The molecule has 2 aliphatic rings. The van der Waals surface area contributed by atoms with E-state index in [0.29, 0.717) is 30.1 Å². The second kappa shape index (κ2) is 10.9. The van der Waals surface area contributed by atoms with Crippen LogP contribution in [0.3, 0.4) is 0 Å². The number of aromatic hydroxyl groups is 1. The van der Waals surface area contributed by atoms with E-state index < -0.39 is 5.91 Å². The predicted octanol–water partition coefficient (Wildman–Crippen LogP) is 3.50. The molecule has 1 aromatic carbocycles. The van der Waals surface area contributed by atoms with Gasteiger partial charge in [0.1, 0.15) is 23.4 Å². The van der Waals surface area contributed by atoms with Gasteiger partial charge in [0.2, 0.25) is 0 Å². The van der Waals surface area contributed by atoms with Crippen molar-refractivity contribution in [3.8, 4) is 17.2 Å². The molecule has 2 fully saturated rings. The van der Waals surface area contributed by atoms with Gasteiger partial charge in [-0.3, -0.25) is 14.9 Å². The standard InChI is InChI=1S/C25H33N5O6/c1-4-26-13-18-20(31)10-17(34-3)11-21(18)35-14-23(32)27-22-12-19(29-30-22)15-5-6-16(9-15)36-24(33)28-25(2)7-8-25/h10-13,15-16,31H,4-9,14H2,1-3H3,(H,28,33)(H2,27,29,30,32)/t15-,16+/m0/s1. The fraction of sp³-hybridized carbons (Fsp3) is 0.520. The Bertz CT molecular complexity index is 1130. The maximum Gasteiger partial charge on any atom is 0.407 e. The number of H-pyrrole nitrogens is 1. The van der Waals surface area contributed by atoms with Gasteiger partial charge in [-0.1, -0.05) is 0 Å². The van der Waals surface area contributed by atoms with Gasteiger partial charge < -0.3 is 30.0 Å². The predicted molar refractivity (Wildman–Crippen MR) is 133 cm³/mol. The quantitative estimate of drug-likeness (QED) is 0.366. The van der Waals surface area contributed by atoms with Crippen LogP contribution in [0, 0.1) is 0 Å². The molecule has 0 spiro atoms. The number of ether oxygens (including phenoxy) is 3. The zero-order valence-electron chi connectivity index (χ0n) is 20.8. The molecule has 36 heavy (non-hydrogen) atoms. The lowest BCUT2D eigenvalue weighted by Gasteiger charge is -2.16. The molecule has 0 radical (unpaired) electrons. The number of amides is 2. The van der Waals surface area contributed by atoms with Crippen molar-refractivity contribution < 1.29 is 28.9 Å². The molecular weight excluding hydrogens is 466 g/mol. The van der Waals surface area contributed by atoms with E-state index in [1.807, 2.05) is 13.8 Å². The zero-order valence-corrected chi connectivity index (χ0v) is 20.8. The van der Waals surface area contributed by atoms with Crippen LogP contribution in [0.2, 0.25) is 0 Å². The third-order valence-corrected chi connectivity index (χ3v) is 6.46. The molecule has 11 heteroatoms. The summed E-state index contributed by atoms with van der Waals surface area (Å²) in [6, 6.07) is 4.82. The van der Waals surface area contributed by atoms with Gasteiger partial charge in [0.15, 0.2) is 12.4 Å². The largest absolute Gasteiger partial charge is 0.507 e. The first-order valence-electron chi connectivity index (χ1n) is 12.2. The number of carbonyl (C=O) groups is 2. The minimum absolute atomic E-state index is 0.0584. The normalized spacial score (nSPS) is 20.2. The molecule has 4 N–H and O–H groups in total. The third kappa shape index (κ3) is 6.46. The van der Waals surface area contributed by atoms with E-state index in [2.05, 4.69) is 25.8 Å². The highest BCUT2D eigenvalue weighted by atomic mass is 16.6. The van der Waals surface area contributed by atoms with Crippen LogP contribution in [-0.4, -0.2) is 65.4 Å². The number of rotatable bonds is 10. The molecule has 2 saturated carbocycles. The van der Waals surface area contributed by atoms with Crippen LogP contribution in [0.5, 0.6) is 17.2 Å². The topological polar surface area (TPSA) is 147 Å². The SMILES string of the molecule is CCN=Cc1c(O)cc(OC)cc1OCC(=O)Nc1cc([C@H]2CC[C@@H](OC(=O)NC3(C)CC3)C2)[nH]n1. The van der Waals surface area contributed by atoms with Gasteiger partial charge in [0.05, 0.1) is 12.7 Å². The molecule has 1 aromatic heterocycles. The summed E-state index contributed by atoms with van der Waals surface area (Å²) in [5, 5.41) is 23.0. The van der Waals surface area contributed by atoms with Crippen molar-refractivity contribution in [1.29, 1.82) is 0 Å². The number of hydrogen-bond acceptors (Lipinski definition) is 8. The molecule has 194 valence electrons.